The smallest absolute Gasteiger partial charge is 0.260 e. The lowest BCUT2D eigenvalue weighted by Crippen LogP contribution is -2.51. The molecule has 0 unspecified atom stereocenters. The van der Waals surface area contributed by atoms with Gasteiger partial charge >= 0.3 is 0 Å². The van der Waals surface area contributed by atoms with Gasteiger partial charge < -0.3 is 9.64 Å². The van der Waals surface area contributed by atoms with Gasteiger partial charge in [0, 0.05) is 31.7 Å². The van der Waals surface area contributed by atoms with Crippen LogP contribution in [0.15, 0.2) is 53.4 Å². The minimum Gasteiger partial charge on any atom is -0.484 e. The van der Waals surface area contributed by atoms with E-state index in [4.69, 9.17) is 10.00 Å². The lowest BCUT2D eigenvalue weighted by atomic mass is 10.2. The van der Waals surface area contributed by atoms with E-state index in [1.807, 2.05) is 0 Å². The third-order valence-electron chi connectivity index (χ3n) is 5.06. The fraction of sp³-hybridized carbons (Fsp3) is 0.318. The summed E-state index contributed by atoms with van der Waals surface area (Å²) in [5.41, 5.74) is 1.32. The number of hydrogen-bond acceptors (Lipinski definition) is 6. The zero-order valence-electron chi connectivity index (χ0n) is 17.2. The number of nitriles is 1. The number of nitrogens with zero attached hydrogens (tertiary/aromatic N) is 3. The van der Waals surface area contributed by atoms with Crippen LogP contribution in [0.5, 0.6) is 5.75 Å². The molecule has 162 valence electrons. The highest BCUT2D eigenvalue weighted by Gasteiger charge is 2.30. The van der Waals surface area contributed by atoms with Gasteiger partial charge in [-0.15, -0.1) is 0 Å². The van der Waals surface area contributed by atoms with Crippen molar-refractivity contribution >= 4 is 21.7 Å². The van der Waals surface area contributed by atoms with Gasteiger partial charge in [0.1, 0.15) is 5.75 Å². The van der Waals surface area contributed by atoms with Gasteiger partial charge in [0.25, 0.3) is 5.91 Å². The zero-order chi connectivity index (χ0) is 22.4. The fourth-order valence-electron chi connectivity index (χ4n) is 3.22. The summed E-state index contributed by atoms with van der Waals surface area (Å²) >= 11 is 0. The van der Waals surface area contributed by atoms with Crippen molar-refractivity contribution in [3.63, 3.8) is 0 Å². The predicted octanol–water partition coefficient (Wildman–Crippen LogP) is 1.87. The molecule has 9 heteroatoms. The van der Waals surface area contributed by atoms with E-state index in [2.05, 4.69) is 6.07 Å². The summed E-state index contributed by atoms with van der Waals surface area (Å²) < 4.78 is 32.5. The maximum atomic E-state index is 12.8. The van der Waals surface area contributed by atoms with Crippen LogP contribution in [0, 0.1) is 11.3 Å². The minimum atomic E-state index is -3.69. The van der Waals surface area contributed by atoms with Crippen LogP contribution in [0.25, 0.3) is 0 Å². The van der Waals surface area contributed by atoms with Crippen LogP contribution in [0.1, 0.15) is 22.8 Å². The lowest BCUT2D eigenvalue weighted by molar-refractivity contribution is -0.134. The molecule has 31 heavy (non-hydrogen) atoms. The number of hydrogen-bond donors (Lipinski definition) is 0. The zero-order valence-corrected chi connectivity index (χ0v) is 18.0. The van der Waals surface area contributed by atoms with Crippen LogP contribution in [0.4, 0.5) is 0 Å². The van der Waals surface area contributed by atoms with Crippen LogP contribution in [-0.4, -0.2) is 62.1 Å². The first-order valence-electron chi connectivity index (χ1n) is 9.79. The second-order valence-electron chi connectivity index (χ2n) is 7.13. The molecule has 1 fully saturated rings. The fourth-order valence-corrected chi connectivity index (χ4v) is 4.64. The monoisotopic (exact) mass is 441 g/mol. The molecule has 1 saturated heterocycles. The second kappa shape index (κ2) is 9.73. The Morgan fingerprint density at radius 1 is 1.00 bits per heavy atom. The SMILES string of the molecule is CC(=O)c1ccc(S(=O)(=O)N2CCN(C(=O)COc3ccc(CC#N)cc3)CC2)cc1. The maximum Gasteiger partial charge on any atom is 0.260 e. The van der Waals surface area contributed by atoms with E-state index >= 15 is 0 Å². The third kappa shape index (κ3) is 5.48. The average molecular weight is 442 g/mol. The number of amides is 1. The highest BCUT2D eigenvalue weighted by Crippen LogP contribution is 2.19. The minimum absolute atomic E-state index is 0.125. The first kappa shape index (κ1) is 22.5. The molecule has 0 saturated carbocycles. The molecule has 0 radical (unpaired) electrons. The van der Waals surface area contributed by atoms with Gasteiger partial charge in [-0.1, -0.05) is 24.3 Å². The highest BCUT2D eigenvalue weighted by molar-refractivity contribution is 7.89. The summed E-state index contributed by atoms with van der Waals surface area (Å²) in [4.78, 5) is 25.5. The number of carbonyl (C=O) groups is 2. The van der Waals surface area contributed by atoms with E-state index in [9.17, 15) is 18.0 Å². The Labute approximate surface area is 181 Å². The topological polar surface area (TPSA) is 108 Å². The normalized spacial score (nSPS) is 14.6. The summed E-state index contributed by atoms with van der Waals surface area (Å²) in [6, 6.07) is 14.9. The summed E-state index contributed by atoms with van der Waals surface area (Å²) in [5, 5.41) is 8.69. The van der Waals surface area contributed by atoms with Gasteiger partial charge in [-0.05, 0) is 36.8 Å². The first-order valence-corrected chi connectivity index (χ1v) is 11.2. The molecule has 0 aliphatic carbocycles. The van der Waals surface area contributed by atoms with E-state index in [1.54, 1.807) is 29.2 Å². The molecule has 0 bridgehead atoms. The molecule has 3 rings (SSSR count). The Morgan fingerprint density at radius 2 is 1.61 bits per heavy atom. The highest BCUT2D eigenvalue weighted by atomic mass is 32.2. The van der Waals surface area contributed by atoms with E-state index in [-0.39, 0.29) is 49.4 Å². The van der Waals surface area contributed by atoms with Gasteiger partial charge in [-0.25, -0.2) is 8.42 Å². The van der Waals surface area contributed by atoms with E-state index in [1.165, 1.54) is 35.5 Å². The Bertz CT molecular complexity index is 1080. The molecule has 1 amide bonds. The molecule has 0 aromatic heterocycles. The number of rotatable bonds is 7. The summed E-state index contributed by atoms with van der Waals surface area (Å²) in [6.45, 7) is 2.20. The van der Waals surface area contributed by atoms with Crippen molar-refractivity contribution in [2.24, 2.45) is 0 Å². The van der Waals surface area contributed by atoms with Crippen LogP contribution in [0.3, 0.4) is 0 Å². The van der Waals surface area contributed by atoms with Crippen LogP contribution >= 0.6 is 0 Å². The Kier molecular flexibility index (Phi) is 7.05. The van der Waals surface area contributed by atoms with Crippen molar-refractivity contribution in [3.8, 4) is 11.8 Å². The van der Waals surface area contributed by atoms with Gasteiger partial charge in [0.05, 0.1) is 17.4 Å². The number of ether oxygens (including phenoxy) is 1. The molecule has 0 spiro atoms. The van der Waals surface area contributed by atoms with Gasteiger partial charge in [0.15, 0.2) is 12.4 Å². The molecule has 2 aromatic rings. The first-order chi connectivity index (χ1) is 14.8. The van der Waals surface area contributed by atoms with Gasteiger partial charge in [0.2, 0.25) is 10.0 Å². The predicted molar refractivity (Wildman–Crippen MR) is 113 cm³/mol. The van der Waals surface area contributed by atoms with E-state index in [0.29, 0.717) is 17.7 Å². The number of benzene rings is 2. The summed E-state index contributed by atoms with van der Waals surface area (Å²) in [7, 11) is -3.69. The molecule has 0 N–H and O–H groups in total. The number of sulfonamides is 1. The molecule has 8 nitrogen and oxygen atoms in total. The van der Waals surface area contributed by atoms with Crippen molar-refractivity contribution in [1.82, 2.24) is 9.21 Å². The average Bonchev–Trinajstić information content (AvgIpc) is 2.78. The van der Waals surface area contributed by atoms with Crippen LogP contribution < -0.4 is 4.74 Å². The largest absolute Gasteiger partial charge is 0.484 e. The van der Waals surface area contributed by atoms with Crippen molar-refractivity contribution in [1.29, 1.82) is 5.26 Å². The van der Waals surface area contributed by atoms with Gasteiger partial charge in [-0.3, -0.25) is 9.59 Å². The van der Waals surface area contributed by atoms with Crippen molar-refractivity contribution < 1.29 is 22.7 Å². The Balaban J connectivity index is 1.52. The summed E-state index contributed by atoms with van der Waals surface area (Å²) in [5.74, 6) is 0.186. The standard InChI is InChI=1S/C22H23N3O5S/c1-17(26)19-4-8-21(9-5-19)31(28,29)25-14-12-24(13-15-25)22(27)16-30-20-6-2-18(3-7-20)10-11-23/h2-9H,10,12-16H2,1H3. The Hall–Kier alpha value is -3.22. The van der Waals surface area contributed by atoms with Crippen molar-refractivity contribution in [3.05, 3.63) is 59.7 Å². The number of carbonyl (C=O) groups excluding carboxylic acids is 2. The molecular weight excluding hydrogens is 418 g/mol. The number of Topliss-reactive ketones (excluding diaryl/α,β-unsaturated/α-hetero) is 1. The molecule has 2 aromatic carbocycles. The van der Waals surface area contributed by atoms with E-state index < -0.39 is 10.0 Å². The van der Waals surface area contributed by atoms with Gasteiger partial charge in [-0.2, -0.15) is 9.57 Å². The number of ketones is 1. The molecule has 1 aliphatic heterocycles. The maximum absolute atomic E-state index is 12.8. The molecule has 1 aliphatic rings. The van der Waals surface area contributed by atoms with Crippen LogP contribution in [-0.2, 0) is 21.2 Å². The Morgan fingerprint density at radius 3 is 2.16 bits per heavy atom. The lowest BCUT2D eigenvalue weighted by Gasteiger charge is -2.34. The molecule has 1 heterocycles. The van der Waals surface area contributed by atoms with Crippen molar-refractivity contribution in [2.45, 2.75) is 18.2 Å². The van der Waals surface area contributed by atoms with E-state index in [0.717, 1.165) is 5.56 Å². The summed E-state index contributed by atoms with van der Waals surface area (Å²) in [6.07, 6.45) is 0.313. The van der Waals surface area contributed by atoms with Crippen LogP contribution in [0.2, 0.25) is 0 Å². The number of piperazine rings is 1. The van der Waals surface area contributed by atoms with Crippen molar-refractivity contribution in [2.75, 3.05) is 32.8 Å². The third-order valence-corrected chi connectivity index (χ3v) is 6.97. The molecular formula is C22H23N3O5S. The second-order valence-corrected chi connectivity index (χ2v) is 9.07. The quantitative estimate of drug-likeness (QED) is 0.607. The molecule has 0 atom stereocenters.